The van der Waals surface area contributed by atoms with Crippen molar-refractivity contribution in [2.45, 2.75) is 26.3 Å². The Kier molecular flexibility index (Phi) is 8.90. The van der Waals surface area contributed by atoms with Gasteiger partial charge in [-0.2, -0.15) is 0 Å². The van der Waals surface area contributed by atoms with E-state index in [1.54, 1.807) is 0 Å². The lowest BCUT2D eigenvalue weighted by atomic mass is 10.3. The lowest BCUT2D eigenvalue weighted by molar-refractivity contribution is -0.697. The molecule has 17 heavy (non-hydrogen) atoms. The Morgan fingerprint density at radius 1 is 1.18 bits per heavy atom. The zero-order valence-corrected chi connectivity index (χ0v) is 11.4. The molecule has 6 heteroatoms. The Labute approximate surface area is 103 Å². The van der Waals surface area contributed by atoms with Gasteiger partial charge in [0.05, 0.1) is 0 Å². The van der Waals surface area contributed by atoms with Crippen molar-refractivity contribution >= 4 is 7.82 Å². The van der Waals surface area contributed by atoms with Crippen molar-refractivity contribution in [3.05, 3.63) is 30.6 Å². The van der Waals surface area contributed by atoms with Crippen LogP contribution in [0.1, 0.15) is 19.8 Å². The highest BCUT2D eigenvalue weighted by Crippen LogP contribution is 2.34. The molecule has 0 saturated heterocycles. The van der Waals surface area contributed by atoms with Crippen LogP contribution in [0.5, 0.6) is 0 Å². The molecule has 0 aliphatic heterocycles. The van der Waals surface area contributed by atoms with Crippen molar-refractivity contribution < 1.29 is 23.1 Å². The topological polar surface area (TPSA) is 62.5 Å². The lowest BCUT2D eigenvalue weighted by Crippen LogP contribution is -2.31. The minimum absolute atomic E-state index is 1.04. The molecule has 0 bridgehead atoms. The number of aromatic nitrogens is 1. The molecule has 0 N–H and O–H groups in total. The van der Waals surface area contributed by atoms with Crippen LogP contribution in [-0.4, -0.2) is 14.2 Å². The fourth-order valence-electron chi connectivity index (χ4n) is 0.999. The maximum absolute atomic E-state index is 9.95. The predicted octanol–water partition coefficient (Wildman–Crippen LogP) is 1.52. The highest BCUT2D eigenvalue weighted by atomic mass is 31.2. The first kappa shape index (κ1) is 16.3. The summed E-state index contributed by atoms with van der Waals surface area (Å²) in [5.74, 6) is 0. The molecule has 0 aromatic carbocycles. The van der Waals surface area contributed by atoms with Crippen LogP contribution in [0.4, 0.5) is 0 Å². The average Bonchev–Trinajstić information content (AvgIpc) is 2.38. The first-order chi connectivity index (χ1) is 8.05. The number of pyridine rings is 1. The molecule has 0 aliphatic carbocycles. The minimum Gasteiger partial charge on any atom is -0.756 e. The van der Waals surface area contributed by atoms with E-state index < -0.39 is 7.82 Å². The maximum Gasteiger partial charge on any atom is 0.267 e. The van der Waals surface area contributed by atoms with Crippen molar-refractivity contribution in [1.29, 1.82) is 0 Å². The van der Waals surface area contributed by atoms with E-state index in [0.717, 1.165) is 20.8 Å². The Hall–Kier alpha value is -0.740. The van der Waals surface area contributed by atoms with Crippen LogP contribution >= 0.6 is 7.82 Å². The molecule has 0 fully saturated rings. The van der Waals surface area contributed by atoms with E-state index in [1.165, 1.54) is 12.8 Å². The number of hydrogen-bond donors (Lipinski definition) is 0. The Morgan fingerprint density at radius 2 is 1.71 bits per heavy atom. The van der Waals surface area contributed by atoms with E-state index >= 15 is 0 Å². The van der Waals surface area contributed by atoms with E-state index in [0.29, 0.717) is 0 Å². The maximum atomic E-state index is 9.95. The third kappa shape index (κ3) is 9.01. The van der Waals surface area contributed by atoms with Gasteiger partial charge in [-0.25, -0.2) is 4.57 Å². The zero-order valence-electron chi connectivity index (χ0n) is 10.5. The molecule has 0 amide bonds. The summed E-state index contributed by atoms with van der Waals surface area (Å²) in [6, 6.07) is 6.17. The lowest BCUT2D eigenvalue weighted by Gasteiger charge is -2.16. The summed E-state index contributed by atoms with van der Waals surface area (Å²) in [5.41, 5.74) is 0. The van der Waals surface area contributed by atoms with E-state index in [9.17, 15) is 9.46 Å². The first-order valence-electron chi connectivity index (χ1n) is 5.42. The van der Waals surface area contributed by atoms with E-state index in [4.69, 9.17) is 0 Å². The number of rotatable bonds is 5. The molecule has 1 aromatic heterocycles. The molecule has 98 valence electrons. The number of hydrogen-bond acceptors (Lipinski definition) is 4. The van der Waals surface area contributed by atoms with Gasteiger partial charge in [0, 0.05) is 32.8 Å². The summed E-state index contributed by atoms with van der Waals surface area (Å²) in [7, 11) is -1.83. The highest BCUT2D eigenvalue weighted by Gasteiger charge is 1.98. The second-order valence-electron chi connectivity index (χ2n) is 3.28. The van der Waals surface area contributed by atoms with Crippen LogP contribution in [0.15, 0.2) is 30.6 Å². The molecule has 0 unspecified atom stereocenters. The molecule has 0 aliphatic rings. The summed E-state index contributed by atoms with van der Waals surface area (Å²) in [6.45, 7) is 3.36. The largest absolute Gasteiger partial charge is 0.756 e. The van der Waals surface area contributed by atoms with Gasteiger partial charge in [0.25, 0.3) is 7.82 Å². The van der Waals surface area contributed by atoms with Crippen LogP contribution in [0.25, 0.3) is 0 Å². The van der Waals surface area contributed by atoms with Gasteiger partial charge in [-0.1, -0.05) is 19.4 Å². The summed E-state index contributed by atoms with van der Waals surface area (Å²) in [6.07, 6.45) is 6.75. The average molecular weight is 261 g/mol. The summed E-state index contributed by atoms with van der Waals surface area (Å²) in [5, 5.41) is 0. The summed E-state index contributed by atoms with van der Waals surface area (Å²) >= 11 is 0. The van der Waals surface area contributed by atoms with Crippen molar-refractivity contribution in [2.75, 3.05) is 14.2 Å². The molecule has 5 nitrogen and oxygen atoms in total. The van der Waals surface area contributed by atoms with Gasteiger partial charge >= 0.3 is 0 Å². The molecular weight excluding hydrogens is 241 g/mol. The van der Waals surface area contributed by atoms with Crippen molar-refractivity contribution in [2.24, 2.45) is 0 Å². The van der Waals surface area contributed by atoms with Crippen molar-refractivity contribution in [3.63, 3.8) is 0 Å². The molecule has 1 rings (SSSR count). The first-order valence-corrected chi connectivity index (χ1v) is 6.88. The van der Waals surface area contributed by atoms with Gasteiger partial charge in [0.2, 0.25) is 0 Å². The molecule has 0 radical (unpaired) electrons. The minimum atomic E-state index is -3.90. The Balaban J connectivity index is 0.000000325. The van der Waals surface area contributed by atoms with Crippen LogP contribution in [0.2, 0.25) is 0 Å². The Bertz CT molecular complexity index is 324. The zero-order chi connectivity index (χ0) is 13.1. The second kappa shape index (κ2) is 9.31. The third-order valence-corrected chi connectivity index (χ3v) is 2.89. The van der Waals surface area contributed by atoms with Gasteiger partial charge in [-0.3, -0.25) is 4.57 Å². The molecular formula is C11H20NO4P. The third-order valence-electron chi connectivity index (χ3n) is 1.99. The van der Waals surface area contributed by atoms with Gasteiger partial charge in [-0.05, 0) is 0 Å². The van der Waals surface area contributed by atoms with Crippen LogP contribution < -0.4 is 9.46 Å². The number of nitrogens with zero attached hydrogens (tertiary/aromatic N) is 1. The molecule has 0 spiro atoms. The van der Waals surface area contributed by atoms with Crippen molar-refractivity contribution in [1.82, 2.24) is 0 Å². The van der Waals surface area contributed by atoms with Gasteiger partial charge in [-0.15, -0.1) is 0 Å². The number of phosphoric acid groups is 1. The number of phosphoric ester groups is 1. The number of aryl methyl sites for hydroxylation is 1. The van der Waals surface area contributed by atoms with E-state index in [2.05, 4.69) is 45.1 Å². The van der Waals surface area contributed by atoms with E-state index in [-0.39, 0.29) is 0 Å². The monoisotopic (exact) mass is 261 g/mol. The summed E-state index contributed by atoms with van der Waals surface area (Å²) in [4.78, 5) is 9.95. The smallest absolute Gasteiger partial charge is 0.267 e. The highest BCUT2D eigenvalue weighted by molar-refractivity contribution is 7.45. The van der Waals surface area contributed by atoms with Crippen LogP contribution in [0.3, 0.4) is 0 Å². The number of unbranched alkanes of at least 4 members (excludes halogenated alkanes) is 1. The molecule has 0 atom stereocenters. The molecule has 1 aromatic rings. The summed E-state index contributed by atoms with van der Waals surface area (Å²) < 4.78 is 19.9. The normalized spacial score (nSPS) is 10.6. The van der Waals surface area contributed by atoms with Gasteiger partial charge in [0.1, 0.15) is 6.54 Å². The fraction of sp³-hybridized carbons (Fsp3) is 0.545. The fourth-order valence-corrected chi connectivity index (χ4v) is 1.15. The van der Waals surface area contributed by atoms with Crippen LogP contribution in [-0.2, 0) is 20.2 Å². The molecule has 0 saturated carbocycles. The van der Waals surface area contributed by atoms with E-state index in [1.807, 2.05) is 6.07 Å². The SMILES string of the molecule is CCCC[n+]1ccccc1.COP(=O)([O-])OC. The predicted molar refractivity (Wildman–Crippen MR) is 63.2 cm³/mol. The standard InChI is InChI=1S/C9H14N.C2H7O4P/c1-2-3-7-10-8-5-4-6-9-10;1-5-7(3,4)6-2/h4-6,8-9H,2-3,7H2,1H3;1-2H3,(H,3,4)/q+1;/p-1. The quantitative estimate of drug-likeness (QED) is 0.595. The molecule has 1 heterocycles. The van der Waals surface area contributed by atoms with Gasteiger partial charge in [0.15, 0.2) is 12.4 Å². The van der Waals surface area contributed by atoms with Crippen LogP contribution in [0, 0.1) is 0 Å². The van der Waals surface area contributed by atoms with Crippen molar-refractivity contribution in [3.8, 4) is 0 Å². The second-order valence-corrected chi connectivity index (χ2v) is 4.90. The van der Waals surface area contributed by atoms with Gasteiger partial charge < -0.3 is 13.9 Å². The Morgan fingerprint density at radius 3 is 2.06 bits per heavy atom.